The van der Waals surface area contributed by atoms with Crippen LogP contribution in [0.25, 0.3) is 0 Å². The second-order valence-corrected chi connectivity index (χ2v) is 8.09. The number of anilines is 1. The van der Waals surface area contributed by atoms with Crippen LogP contribution >= 0.6 is 11.3 Å². The van der Waals surface area contributed by atoms with Crippen molar-refractivity contribution in [2.75, 3.05) is 26.0 Å². The van der Waals surface area contributed by atoms with Crippen LogP contribution in [0.1, 0.15) is 39.7 Å². The van der Waals surface area contributed by atoms with E-state index < -0.39 is 0 Å². The predicted molar refractivity (Wildman–Crippen MR) is 102 cm³/mol. The second kappa shape index (κ2) is 6.98. The number of amides is 1. The lowest BCUT2D eigenvalue weighted by Crippen LogP contribution is -2.27. The highest BCUT2D eigenvalue weighted by Crippen LogP contribution is 2.33. The molecule has 1 unspecified atom stereocenters. The third-order valence-electron chi connectivity index (χ3n) is 4.85. The lowest BCUT2D eigenvalue weighted by Gasteiger charge is -2.21. The molecule has 3 nitrogen and oxygen atoms in total. The molecule has 0 saturated heterocycles. The molecule has 1 heterocycles. The molecule has 24 heavy (non-hydrogen) atoms. The van der Waals surface area contributed by atoms with Crippen LogP contribution in [0.4, 0.5) is 5.69 Å². The van der Waals surface area contributed by atoms with E-state index in [1.54, 1.807) is 11.3 Å². The molecule has 0 fully saturated rings. The zero-order valence-corrected chi connectivity index (χ0v) is 15.8. The van der Waals surface area contributed by atoms with Crippen molar-refractivity contribution in [3.63, 3.8) is 0 Å². The van der Waals surface area contributed by atoms with Gasteiger partial charge in [-0.2, -0.15) is 0 Å². The van der Waals surface area contributed by atoms with Crippen molar-refractivity contribution in [2.24, 2.45) is 5.92 Å². The molecule has 1 atom stereocenters. The molecular weight excluding hydrogens is 316 g/mol. The van der Waals surface area contributed by atoms with Gasteiger partial charge < -0.3 is 9.80 Å². The van der Waals surface area contributed by atoms with Crippen LogP contribution < -0.4 is 4.90 Å². The average molecular weight is 343 g/mol. The van der Waals surface area contributed by atoms with Crippen LogP contribution in [-0.2, 0) is 19.4 Å². The number of nitrogens with zero attached hydrogens (tertiary/aromatic N) is 2. The maximum Gasteiger partial charge on any atom is 0.255 e. The number of carbonyl (C=O) groups excluding carboxylic acids is 1. The van der Waals surface area contributed by atoms with Crippen LogP contribution in [0, 0.1) is 5.92 Å². The highest BCUT2D eigenvalue weighted by molar-refractivity contribution is 7.10. The minimum absolute atomic E-state index is 0.152. The number of benzene rings is 1. The SMILES string of the molecule is CC1CCc2c(C(=O)N(C)Cc3ccc(N(C)C)cc3)csc2C1. The summed E-state index contributed by atoms with van der Waals surface area (Å²) in [5.41, 5.74) is 4.56. The van der Waals surface area contributed by atoms with Gasteiger partial charge in [0.1, 0.15) is 0 Å². The fourth-order valence-corrected chi connectivity index (χ4v) is 4.55. The van der Waals surface area contributed by atoms with Crippen LogP contribution in [0.15, 0.2) is 29.6 Å². The van der Waals surface area contributed by atoms with Gasteiger partial charge in [-0.15, -0.1) is 11.3 Å². The van der Waals surface area contributed by atoms with Gasteiger partial charge in [0, 0.05) is 43.6 Å². The third kappa shape index (κ3) is 3.48. The van der Waals surface area contributed by atoms with Gasteiger partial charge in [0.15, 0.2) is 0 Å². The summed E-state index contributed by atoms with van der Waals surface area (Å²) in [5, 5.41) is 2.07. The molecule has 2 aromatic rings. The number of hydrogen-bond acceptors (Lipinski definition) is 3. The summed E-state index contributed by atoms with van der Waals surface area (Å²) in [4.78, 5) is 18.2. The van der Waals surface area contributed by atoms with Crippen LogP contribution in [0.2, 0.25) is 0 Å². The first kappa shape index (κ1) is 17.0. The van der Waals surface area contributed by atoms with Crippen molar-refractivity contribution in [1.29, 1.82) is 0 Å². The van der Waals surface area contributed by atoms with Gasteiger partial charge in [-0.05, 0) is 48.4 Å². The molecule has 0 N–H and O–H groups in total. The van der Waals surface area contributed by atoms with Gasteiger partial charge in [-0.3, -0.25) is 4.79 Å². The normalized spacial score (nSPS) is 16.6. The monoisotopic (exact) mass is 342 g/mol. The fraction of sp³-hybridized carbons (Fsp3) is 0.450. The molecule has 1 aliphatic carbocycles. The van der Waals surface area contributed by atoms with E-state index in [9.17, 15) is 4.79 Å². The van der Waals surface area contributed by atoms with Crippen LogP contribution in [0.5, 0.6) is 0 Å². The third-order valence-corrected chi connectivity index (χ3v) is 5.90. The lowest BCUT2D eigenvalue weighted by atomic mass is 9.88. The first-order chi connectivity index (χ1) is 11.5. The largest absolute Gasteiger partial charge is 0.378 e. The molecular formula is C20H26N2OS. The van der Waals surface area contributed by atoms with Crippen molar-refractivity contribution in [3.05, 3.63) is 51.2 Å². The first-order valence-electron chi connectivity index (χ1n) is 8.56. The smallest absolute Gasteiger partial charge is 0.255 e. The molecule has 1 aromatic carbocycles. The fourth-order valence-electron chi connectivity index (χ4n) is 3.31. The molecule has 0 aliphatic heterocycles. The van der Waals surface area contributed by atoms with E-state index in [2.05, 4.69) is 41.5 Å². The van der Waals surface area contributed by atoms with Crippen molar-refractivity contribution >= 4 is 22.9 Å². The lowest BCUT2D eigenvalue weighted by molar-refractivity contribution is 0.0784. The molecule has 1 aliphatic rings. The highest BCUT2D eigenvalue weighted by Gasteiger charge is 2.24. The summed E-state index contributed by atoms with van der Waals surface area (Å²) in [5.74, 6) is 0.894. The van der Waals surface area contributed by atoms with E-state index in [1.807, 2.05) is 26.0 Å². The van der Waals surface area contributed by atoms with Crippen LogP contribution in [0.3, 0.4) is 0 Å². The summed E-state index contributed by atoms with van der Waals surface area (Å²) < 4.78 is 0. The van der Waals surface area contributed by atoms with Crippen molar-refractivity contribution in [1.82, 2.24) is 4.90 Å². The van der Waals surface area contributed by atoms with E-state index in [0.29, 0.717) is 6.54 Å². The Morgan fingerprint density at radius 2 is 1.92 bits per heavy atom. The Labute approximate surface area is 148 Å². The molecule has 1 amide bonds. The maximum atomic E-state index is 12.9. The quantitative estimate of drug-likeness (QED) is 0.831. The molecule has 4 heteroatoms. The van der Waals surface area contributed by atoms with Gasteiger partial charge in [0.2, 0.25) is 0 Å². The van der Waals surface area contributed by atoms with E-state index in [-0.39, 0.29) is 5.91 Å². The molecule has 0 spiro atoms. The van der Waals surface area contributed by atoms with Gasteiger partial charge in [0.25, 0.3) is 5.91 Å². The van der Waals surface area contributed by atoms with Crippen LogP contribution in [-0.4, -0.2) is 32.0 Å². The Bertz CT molecular complexity index is 718. The average Bonchev–Trinajstić information content (AvgIpc) is 2.97. The Balaban J connectivity index is 1.71. The van der Waals surface area contributed by atoms with Gasteiger partial charge in [-0.25, -0.2) is 0 Å². The first-order valence-corrected chi connectivity index (χ1v) is 9.44. The Kier molecular flexibility index (Phi) is 4.95. The summed E-state index contributed by atoms with van der Waals surface area (Å²) in [6.45, 7) is 2.95. The van der Waals surface area contributed by atoms with Gasteiger partial charge >= 0.3 is 0 Å². The number of fused-ring (bicyclic) bond motifs is 1. The van der Waals surface area contributed by atoms with E-state index in [4.69, 9.17) is 0 Å². The molecule has 128 valence electrons. The number of thiophene rings is 1. The predicted octanol–water partition coefficient (Wildman–Crippen LogP) is 4.21. The summed E-state index contributed by atoms with van der Waals surface area (Å²) in [6, 6.07) is 8.40. The van der Waals surface area contributed by atoms with E-state index in [1.165, 1.54) is 22.5 Å². The standard InChI is InChI=1S/C20H26N2OS/c1-14-5-10-17-18(13-24-19(17)11-14)20(23)22(4)12-15-6-8-16(9-7-15)21(2)3/h6-9,13-14H,5,10-12H2,1-4H3. The molecule has 0 saturated carbocycles. The Morgan fingerprint density at radius 3 is 2.58 bits per heavy atom. The Morgan fingerprint density at radius 1 is 1.21 bits per heavy atom. The molecule has 0 radical (unpaired) electrons. The van der Waals surface area contributed by atoms with Gasteiger partial charge in [0.05, 0.1) is 5.56 Å². The molecule has 3 rings (SSSR count). The van der Waals surface area contributed by atoms with E-state index >= 15 is 0 Å². The summed E-state index contributed by atoms with van der Waals surface area (Å²) >= 11 is 1.76. The second-order valence-electron chi connectivity index (χ2n) is 7.12. The number of carbonyl (C=O) groups is 1. The number of rotatable bonds is 4. The van der Waals surface area contributed by atoms with E-state index in [0.717, 1.165) is 29.9 Å². The minimum Gasteiger partial charge on any atom is -0.378 e. The zero-order chi connectivity index (χ0) is 17.3. The maximum absolute atomic E-state index is 12.9. The number of hydrogen-bond donors (Lipinski definition) is 0. The molecule has 0 bridgehead atoms. The van der Waals surface area contributed by atoms with Crippen molar-refractivity contribution < 1.29 is 4.79 Å². The Hall–Kier alpha value is -1.81. The topological polar surface area (TPSA) is 23.6 Å². The summed E-state index contributed by atoms with van der Waals surface area (Å²) in [7, 11) is 5.97. The van der Waals surface area contributed by atoms with Gasteiger partial charge in [-0.1, -0.05) is 19.1 Å². The summed E-state index contributed by atoms with van der Waals surface area (Å²) in [6.07, 6.45) is 3.37. The van der Waals surface area contributed by atoms with Crippen molar-refractivity contribution in [2.45, 2.75) is 32.7 Å². The van der Waals surface area contributed by atoms with Crippen molar-refractivity contribution in [3.8, 4) is 0 Å². The highest BCUT2D eigenvalue weighted by atomic mass is 32.1. The minimum atomic E-state index is 0.152. The molecule has 1 aromatic heterocycles. The zero-order valence-electron chi connectivity index (χ0n) is 15.0.